The van der Waals surface area contributed by atoms with Crippen LogP contribution in [0.3, 0.4) is 0 Å². The molecule has 0 aliphatic rings. The molecule has 1 aromatic carbocycles. The smallest absolute Gasteiger partial charge is 0.257 e. The highest BCUT2D eigenvalue weighted by Crippen LogP contribution is 2.18. The number of aryl methyl sites for hydroxylation is 1. The first-order valence-corrected chi connectivity index (χ1v) is 6.96. The van der Waals surface area contributed by atoms with E-state index < -0.39 is 0 Å². The Bertz CT molecular complexity index is 809. The fraction of sp³-hybridized carbons (Fsp3) is 0.125. The van der Waals surface area contributed by atoms with Crippen LogP contribution in [0.15, 0.2) is 42.6 Å². The predicted octanol–water partition coefficient (Wildman–Crippen LogP) is 2.44. The van der Waals surface area contributed by atoms with Crippen molar-refractivity contribution in [2.75, 3.05) is 12.4 Å². The number of anilines is 1. The van der Waals surface area contributed by atoms with Crippen molar-refractivity contribution in [3.8, 4) is 17.3 Å². The van der Waals surface area contributed by atoms with Crippen LogP contribution in [0.4, 0.5) is 5.69 Å². The van der Waals surface area contributed by atoms with Gasteiger partial charge in [-0.2, -0.15) is 5.10 Å². The molecule has 0 saturated heterocycles. The van der Waals surface area contributed by atoms with Crippen molar-refractivity contribution in [1.82, 2.24) is 20.2 Å². The number of nitrogens with one attached hydrogen (secondary N) is 2. The van der Waals surface area contributed by atoms with E-state index in [1.807, 2.05) is 19.1 Å². The van der Waals surface area contributed by atoms with Crippen LogP contribution in [0.5, 0.6) is 5.88 Å². The van der Waals surface area contributed by atoms with Crippen molar-refractivity contribution in [3.63, 3.8) is 0 Å². The van der Waals surface area contributed by atoms with Gasteiger partial charge in [-0.05, 0) is 37.3 Å². The minimum absolute atomic E-state index is 0.235. The second-order valence-electron chi connectivity index (χ2n) is 4.87. The number of H-pyrrole nitrogens is 1. The summed E-state index contributed by atoms with van der Waals surface area (Å²) < 4.78 is 4.97. The zero-order valence-corrected chi connectivity index (χ0v) is 12.7. The van der Waals surface area contributed by atoms with Crippen LogP contribution in [-0.4, -0.2) is 33.2 Å². The number of benzene rings is 1. The number of hydrogen-bond acceptors (Lipinski definition) is 5. The number of amides is 1. The first-order chi connectivity index (χ1) is 11.2. The summed E-state index contributed by atoms with van der Waals surface area (Å²) in [6.07, 6.45) is 1.47. The molecule has 0 spiro atoms. The monoisotopic (exact) mass is 309 g/mol. The van der Waals surface area contributed by atoms with Gasteiger partial charge in [0, 0.05) is 23.5 Å². The molecular weight excluding hydrogens is 294 g/mol. The standard InChI is InChI=1S/C16H15N5O2/c1-10-18-15(21-20-10)11-3-6-13(7-4-11)19-16(22)12-5-8-14(23-2)17-9-12/h3-9H,1-2H3,(H,19,22)(H,18,20,21). The largest absolute Gasteiger partial charge is 0.481 e. The zero-order valence-electron chi connectivity index (χ0n) is 12.7. The van der Waals surface area contributed by atoms with Gasteiger partial charge in [0.25, 0.3) is 5.91 Å². The zero-order chi connectivity index (χ0) is 16.2. The van der Waals surface area contributed by atoms with Gasteiger partial charge in [0.2, 0.25) is 5.88 Å². The molecule has 0 bridgehead atoms. The van der Waals surface area contributed by atoms with E-state index in [1.165, 1.54) is 13.3 Å². The van der Waals surface area contributed by atoms with Crippen LogP contribution < -0.4 is 10.1 Å². The Morgan fingerprint density at radius 2 is 1.96 bits per heavy atom. The third-order valence-corrected chi connectivity index (χ3v) is 3.21. The number of rotatable bonds is 4. The molecule has 2 N–H and O–H groups in total. The van der Waals surface area contributed by atoms with E-state index in [2.05, 4.69) is 25.5 Å². The quantitative estimate of drug-likeness (QED) is 0.772. The molecule has 1 amide bonds. The lowest BCUT2D eigenvalue weighted by molar-refractivity contribution is 0.102. The fourth-order valence-corrected chi connectivity index (χ4v) is 2.01. The van der Waals surface area contributed by atoms with Gasteiger partial charge in [-0.3, -0.25) is 9.89 Å². The summed E-state index contributed by atoms with van der Waals surface area (Å²) in [6.45, 7) is 1.84. The van der Waals surface area contributed by atoms with Crippen LogP contribution in [0.1, 0.15) is 16.2 Å². The van der Waals surface area contributed by atoms with Gasteiger partial charge in [0.15, 0.2) is 5.82 Å². The van der Waals surface area contributed by atoms with Gasteiger partial charge in [-0.15, -0.1) is 0 Å². The third kappa shape index (κ3) is 3.34. The Kier molecular flexibility index (Phi) is 4.01. The van der Waals surface area contributed by atoms with E-state index in [4.69, 9.17) is 4.74 Å². The average molecular weight is 309 g/mol. The highest BCUT2D eigenvalue weighted by molar-refractivity contribution is 6.04. The number of aromatic nitrogens is 4. The molecule has 2 aromatic heterocycles. The molecule has 0 saturated carbocycles. The minimum atomic E-state index is -0.235. The highest BCUT2D eigenvalue weighted by Gasteiger charge is 2.08. The van der Waals surface area contributed by atoms with Gasteiger partial charge in [0.05, 0.1) is 12.7 Å². The van der Waals surface area contributed by atoms with Crippen molar-refractivity contribution in [1.29, 1.82) is 0 Å². The molecule has 116 valence electrons. The third-order valence-electron chi connectivity index (χ3n) is 3.21. The molecular formula is C16H15N5O2. The number of aromatic amines is 1. The van der Waals surface area contributed by atoms with Crippen molar-refractivity contribution >= 4 is 11.6 Å². The first kappa shape index (κ1) is 14.7. The van der Waals surface area contributed by atoms with Gasteiger partial charge >= 0.3 is 0 Å². The van der Waals surface area contributed by atoms with E-state index in [-0.39, 0.29) is 5.91 Å². The summed E-state index contributed by atoms with van der Waals surface area (Å²) in [5.41, 5.74) is 2.01. The molecule has 0 atom stereocenters. The molecule has 3 aromatic rings. The summed E-state index contributed by atoms with van der Waals surface area (Å²) in [4.78, 5) is 20.4. The van der Waals surface area contributed by atoms with E-state index >= 15 is 0 Å². The van der Waals surface area contributed by atoms with Gasteiger partial charge in [0.1, 0.15) is 5.82 Å². The number of ether oxygens (including phenoxy) is 1. The van der Waals surface area contributed by atoms with Crippen LogP contribution >= 0.6 is 0 Å². The summed E-state index contributed by atoms with van der Waals surface area (Å²) in [5.74, 6) is 1.61. The number of carbonyl (C=O) groups is 1. The van der Waals surface area contributed by atoms with Crippen molar-refractivity contribution in [2.45, 2.75) is 6.92 Å². The molecule has 3 rings (SSSR count). The maximum absolute atomic E-state index is 12.2. The molecule has 2 heterocycles. The van der Waals surface area contributed by atoms with Crippen molar-refractivity contribution < 1.29 is 9.53 Å². The lowest BCUT2D eigenvalue weighted by Gasteiger charge is -2.06. The van der Waals surface area contributed by atoms with E-state index in [1.54, 1.807) is 24.3 Å². The average Bonchev–Trinajstić information content (AvgIpc) is 3.02. The maximum atomic E-state index is 12.2. The van der Waals surface area contributed by atoms with E-state index in [0.29, 0.717) is 23.0 Å². The molecule has 7 nitrogen and oxygen atoms in total. The molecule has 0 fully saturated rings. The van der Waals surface area contributed by atoms with Gasteiger partial charge < -0.3 is 10.1 Å². The van der Waals surface area contributed by atoms with Crippen LogP contribution in [0, 0.1) is 6.92 Å². The van der Waals surface area contributed by atoms with Gasteiger partial charge in [-0.25, -0.2) is 9.97 Å². The molecule has 0 aliphatic carbocycles. The fourth-order valence-electron chi connectivity index (χ4n) is 2.01. The Hall–Kier alpha value is -3.22. The predicted molar refractivity (Wildman–Crippen MR) is 85.3 cm³/mol. The molecule has 0 aliphatic heterocycles. The summed E-state index contributed by atoms with van der Waals surface area (Å²) in [6, 6.07) is 10.6. The second kappa shape index (κ2) is 6.27. The number of hydrogen-bond donors (Lipinski definition) is 2. The van der Waals surface area contributed by atoms with Crippen LogP contribution in [0.2, 0.25) is 0 Å². The summed E-state index contributed by atoms with van der Waals surface area (Å²) >= 11 is 0. The number of pyridine rings is 1. The van der Waals surface area contributed by atoms with E-state index in [9.17, 15) is 4.79 Å². The molecule has 7 heteroatoms. The van der Waals surface area contributed by atoms with Crippen molar-refractivity contribution in [2.24, 2.45) is 0 Å². The Morgan fingerprint density at radius 3 is 2.52 bits per heavy atom. The second-order valence-corrected chi connectivity index (χ2v) is 4.87. The summed E-state index contributed by atoms with van der Waals surface area (Å²) in [5, 5.41) is 9.70. The topological polar surface area (TPSA) is 92.8 Å². The summed E-state index contributed by atoms with van der Waals surface area (Å²) in [7, 11) is 1.53. The number of methoxy groups -OCH3 is 1. The highest BCUT2D eigenvalue weighted by atomic mass is 16.5. The Morgan fingerprint density at radius 1 is 1.17 bits per heavy atom. The molecule has 23 heavy (non-hydrogen) atoms. The number of carbonyl (C=O) groups excluding carboxylic acids is 1. The van der Waals surface area contributed by atoms with Gasteiger partial charge in [-0.1, -0.05) is 0 Å². The molecule has 0 radical (unpaired) electrons. The number of nitrogens with zero attached hydrogens (tertiary/aromatic N) is 3. The Balaban J connectivity index is 1.71. The minimum Gasteiger partial charge on any atom is -0.481 e. The van der Waals surface area contributed by atoms with E-state index in [0.717, 1.165) is 11.4 Å². The lowest BCUT2D eigenvalue weighted by Crippen LogP contribution is -2.12. The van der Waals surface area contributed by atoms with Crippen molar-refractivity contribution in [3.05, 3.63) is 54.0 Å². The maximum Gasteiger partial charge on any atom is 0.257 e. The molecule has 0 unspecified atom stereocenters. The normalized spacial score (nSPS) is 10.3. The van der Waals surface area contributed by atoms with Crippen LogP contribution in [-0.2, 0) is 0 Å². The Labute approximate surface area is 132 Å². The lowest BCUT2D eigenvalue weighted by atomic mass is 10.2. The first-order valence-electron chi connectivity index (χ1n) is 6.96. The SMILES string of the molecule is COc1ccc(C(=O)Nc2ccc(-c3n[nH]c(C)n3)cc2)cn1. The van der Waals surface area contributed by atoms with Crippen LogP contribution in [0.25, 0.3) is 11.4 Å².